The summed E-state index contributed by atoms with van der Waals surface area (Å²) in [6.45, 7) is 0. The molecule has 0 radical (unpaired) electrons. The highest BCUT2D eigenvalue weighted by Crippen LogP contribution is 2.36. The van der Waals surface area contributed by atoms with Gasteiger partial charge >= 0.3 is 6.18 Å². The van der Waals surface area contributed by atoms with Gasteiger partial charge in [-0.1, -0.05) is 36.4 Å². The van der Waals surface area contributed by atoms with Gasteiger partial charge in [-0.2, -0.15) is 18.4 Å². The highest BCUT2D eigenvalue weighted by molar-refractivity contribution is 5.88. The molecule has 0 aliphatic heterocycles. The van der Waals surface area contributed by atoms with Crippen LogP contribution in [0.25, 0.3) is 10.8 Å². The fourth-order valence-corrected chi connectivity index (χ4v) is 2.33. The number of ether oxygens (including phenoxy) is 1. The van der Waals surface area contributed by atoms with Crippen LogP contribution in [0, 0.1) is 11.3 Å². The zero-order chi connectivity index (χ0) is 16.4. The molecule has 0 bridgehead atoms. The first kappa shape index (κ1) is 14.9. The molecule has 3 aromatic rings. The number of nitriles is 1. The Morgan fingerprint density at radius 2 is 1.65 bits per heavy atom. The summed E-state index contributed by atoms with van der Waals surface area (Å²) in [7, 11) is 0. The largest absolute Gasteiger partial charge is 0.457 e. The summed E-state index contributed by atoms with van der Waals surface area (Å²) in [5.74, 6) is 0.494. The van der Waals surface area contributed by atoms with Gasteiger partial charge < -0.3 is 4.74 Å². The summed E-state index contributed by atoms with van der Waals surface area (Å²) < 4.78 is 44.6. The van der Waals surface area contributed by atoms with Crippen LogP contribution < -0.4 is 4.74 Å². The maximum Gasteiger partial charge on any atom is 0.417 e. The second-order valence-electron chi connectivity index (χ2n) is 4.90. The molecule has 0 amide bonds. The van der Waals surface area contributed by atoms with E-state index in [0.29, 0.717) is 5.75 Å². The van der Waals surface area contributed by atoms with E-state index in [2.05, 4.69) is 0 Å². The molecule has 3 rings (SSSR count). The van der Waals surface area contributed by atoms with Crippen molar-refractivity contribution < 1.29 is 17.9 Å². The summed E-state index contributed by atoms with van der Waals surface area (Å²) in [5.41, 5.74) is -1.43. The number of nitrogens with zero attached hydrogens (tertiary/aromatic N) is 1. The molecule has 0 unspecified atom stereocenters. The molecule has 0 N–H and O–H groups in total. The maximum absolute atomic E-state index is 13.0. The molecule has 0 heterocycles. The van der Waals surface area contributed by atoms with Gasteiger partial charge in [-0.15, -0.1) is 0 Å². The number of hydrogen-bond acceptors (Lipinski definition) is 2. The van der Waals surface area contributed by atoms with Crippen LogP contribution in [-0.4, -0.2) is 0 Å². The van der Waals surface area contributed by atoms with E-state index in [1.807, 2.05) is 30.3 Å². The average molecular weight is 313 g/mol. The van der Waals surface area contributed by atoms with Gasteiger partial charge in [0.05, 0.1) is 17.2 Å². The van der Waals surface area contributed by atoms with Crippen molar-refractivity contribution in [2.75, 3.05) is 0 Å². The lowest BCUT2D eigenvalue weighted by molar-refractivity contribution is -0.137. The van der Waals surface area contributed by atoms with Crippen LogP contribution in [0.15, 0.2) is 60.7 Å². The fourth-order valence-electron chi connectivity index (χ4n) is 2.33. The standard InChI is InChI=1S/C18H10F3NO/c19-18(20,21)16-10-14(9-8-13(16)11-22)23-17-7-3-5-12-4-1-2-6-15(12)17/h1-10H. The van der Waals surface area contributed by atoms with Crippen molar-refractivity contribution in [1.29, 1.82) is 5.26 Å². The average Bonchev–Trinajstić information content (AvgIpc) is 2.54. The van der Waals surface area contributed by atoms with Gasteiger partial charge in [0.25, 0.3) is 0 Å². The van der Waals surface area contributed by atoms with E-state index in [1.165, 1.54) is 6.07 Å². The molecule has 3 aromatic carbocycles. The zero-order valence-corrected chi connectivity index (χ0v) is 11.8. The lowest BCUT2D eigenvalue weighted by Crippen LogP contribution is -2.07. The summed E-state index contributed by atoms with van der Waals surface area (Å²) in [5, 5.41) is 10.5. The molecule has 114 valence electrons. The molecule has 2 nitrogen and oxygen atoms in total. The van der Waals surface area contributed by atoms with E-state index in [0.717, 1.165) is 22.9 Å². The molecule has 0 saturated heterocycles. The molecule has 23 heavy (non-hydrogen) atoms. The first-order valence-electron chi connectivity index (χ1n) is 6.76. The van der Waals surface area contributed by atoms with Crippen molar-refractivity contribution in [2.45, 2.75) is 6.18 Å². The first-order valence-corrected chi connectivity index (χ1v) is 6.76. The van der Waals surface area contributed by atoms with E-state index in [1.54, 1.807) is 18.2 Å². The van der Waals surface area contributed by atoms with Crippen molar-refractivity contribution in [1.82, 2.24) is 0 Å². The lowest BCUT2D eigenvalue weighted by Gasteiger charge is -2.13. The smallest absolute Gasteiger partial charge is 0.417 e. The van der Waals surface area contributed by atoms with Gasteiger partial charge in [-0.3, -0.25) is 0 Å². The number of hydrogen-bond donors (Lipinski definition) is 0. The molecule has 0 aliphatic rings. The molecule has 0 fully saturated rings. The lowest BCUT2D eigenvalue weighted by atomic mass is 10.1. The van der Waals surface area contributed by atoms with Gasteiger partial charge in [0, 0.05) is 5.39 Å². The van der Waals surface area contributed by atoms with Crippen LogP contribution in [0.4, 0.5) is 13.2 Å². The van der Waals surface area contributed by atoms with Crippen molar-refractivity contribution in [3.05, 3.63) is 71.8 Å². The topological polar surface area (TPSA) is 33.0 Å². The maximum atomic E-state index is 13.0. The van der Waals surface area contributed by atoms with Crippen LogP contribution in [0.2, 0.25) is 0 Å². The van der Waals surface area contributed by atoms with Crippen molar-refractivity contribution in [3.63, 3.8) is 0 Å². The Balaban J connectivity index is 2.05. The van der Waals surface area contributed by atoms with E-state index < -0.39 is 17.3 Å². The molecular weight excluding hydrogens is 303 g/mol. The summed E-state index contributed by atoms with van der Waals surface area (Å²) in [6, 6.07) is 17.6. The highest BCUT2D eigenvalue weighted by atomic mass is 19.4. The second-order valence-corrected chi connectivity index (χ2v) is 4.90. The van der Waals surface area contributed by atoms with Crippen molar-refractivity contribution >= 4 is 10.8 Å². The third kappa shape index (κ3) is 2.97. The summed E-state index contributed by atoms with van der Waals surface area (Å²) in [4.78, 5) is 0. The minimum Gasteiger partial charge on any atom is -0.457 e. The van der Waals surface area contributed by atoms with E-state index in [9.17, 15) is 13.2 Å². The Bertz CT molecular complexity index is 905. The van der Waals surface area contributed by atoms with Crippen LogP contribution >= 0.6 is 0 Å². The monoisotopic (exact) mass is 313 g/mol. The molecule has 0 spiro atoms. The Morgan fingerprint density at radius 3 is 2.39 bits per heavy atom. The zero-order valence-electron chi connectivity index (χ0n) is 11.8. The normalized spacial score (nSPS) is 11.2. The van der Waals surface area contributed by atoms with Gasteiger partial charge in [0.2, 0.25) is 0 Å². The minimum atomic E-state index is -4.61. The SMILES string of the molecule is N#Cc1ccc(Oc2cccc3ccccc23)cc1C(F)(F)F. The molecule has 0 saturated carbocycles. The van der Waals surface area contributed by atoms with Crippen LogP contribution in [0.5, 0.6) is 11.5 Å². The molecule has 5 heteroatoms. The van der Waals surface area contributed by atoms with Gasteiger partial charge in [0.15, 0.2) is 0 Å². The van der Waals surface area contributed by atoms with E-state index >= 15 is 0 Å². The van der Waals surface area contributed by atoms with Crippen LogP contribution in [-0.2, 0) is 6.18 Å². The predicted molar refractivity (Wildman–Crippen MR) is 80.2 cm³/mol. The predicted octanol–water partition coefficient (Wildman–Crippen LogP) is 5.52. The Labute approximate surface area is 130 Å². The summed E-state index contributed by atoms with van der Waals surface area (Å²) in [6.07, 6.45) is -4.61. The fraction of sp³-hybridized carbons (Fsp3) is 0.0556. The van der Waals surface area contributed by atoms with Crippen LogP contribution in [0.1, 0.15) is 11.1 Å². The third-order valence-corrected chi connectivity index (χ3v) is 3.39. The number of halogens is 3. The molecule has 0 aliphatic carbocycles. The number of alkyl halides is 3. The molecule has 0 atom stereocenters. The first-order chi connectivity index (χ1) is 11.0. The molecule has 0 aromatic heterocycles. The van der Waals surface area contributed by atoms with E-state index in [4.69, 9.17) is 10.00 Å². The van der Waals surface area contributed by atoms with Gasteiger partial charge in [0.1, 0.15) is 11.5 Å². The van der Waals surface area contributed by atoms with Crippen LogP contribution in [0.3, 0.4) is 0 Å². The second kappa shape index (κ2) is 5.65. The quantitative estimate of drug-likeness (QED) is 0.624. The number of rotatable bonds is 2. The Kier molecular flexibility index (Phi) is 3.67. The highest BCUT2D eigenvalue weighted by Gasteiger charge is 2.34. The number of fused-ring (bicyclic) bond motifs is 1. The third-order valence-electron chi connectivity index (χ3n) is 3.39. The minimum absolute atomic E-state index is 0.0349. The summed E-state index contributed by atoms with van der Waals surface area (Å²) >= 11 is 0. The van der Waals surface area contributed by atoms with Gasteiger partial charge in [-0.25, -0.2) is 0 Å². The molecular formula is C18H10F3NO. The Hall–Kier alpha value is -3.00. The Morgan fingerprint density at radius 1 is 0.913 bits per heavy atom. The van der Waals surface area contributed by atoms with Crippen molar-refractivity contribution in [3.8, 4) is 17.6 Å². The van der Waals surface area contributed by atoms with Crippen molar-refractivity contribution in [2.24, 2.45) is 0 Å². The van der Waals surface area contributed by atoms with E-state index in [-0.39, 0.29) is 5.75 Å². The number of benzene rings is 3. The van der Waals surface area contributed by atoms with Gasteiger partial charge in [-0.05, 0) is 29.7 Å².